The first-order chi connectivity index (χ1) is 6.18. The molecule has 4 heteroatoms. The Kier molecular flexibility index (Phi) is 3.89. The molecule has 0 spiro atoms. The quantitative estimate of drug-likeness (QED) is 0.456. The molecule has 13 heavy (non-hydrogen) atoms. The van der Waals surface area contributed by atoms with Gasteiger partial charge in [-0.25, -0.2) is 4.79 Å². The average Bonchev–Trinajstić information content (AvgIpc) is 2.04. The zero-order valence-corrected chi connectivity index (χ0v) is 8.90. The van der Waals surface area contributed by atoms with Crippen LogP contribution in [0.2, 0.25) is 0 Å². The molecule has 3 nitrogen and oxygen atoms in total. The van der Waals surface area contributed by atoms with Crippen LogP contribution in [-0.4, -0.2) is 11.0 Å². The van der Waals surface area contributed by atoms with Gasteiger partial charge in [-0.15, -0.1) is 0 Å². The van der Waals surface area contributed by atoms with Crippen LogP contribution >= 0.6 is 15.9 Å². The number of ether oxygens (including phenoxy) is 1. The van der Waals surface area contributed by atoms with Crippen molar-refractivity contribution >= 4 is 21.9 Å². The number of carbonyl (C=O) groups excluding carboxylic acids is 1. The summed E-state index contributed by atoms with van der Waals surface area (Å²) in [7, 11) is 0. The number of carbonyl (C=O) groups is 1. The number of hydrogen-bond donors (Lipinski definition) is 0. The predicted molar refractivity (Wildman–Crippen MR) is 51.1 cm³/mol. The van der Waals surface area contributed by atoms with Crippen molar-refractivity contribution in [2.45, 2.75) is 18.5 Å². The van der Waals surface area contributed by atoms with Crippen molar-refractivity contribution in [2.75, 3.05) is 0 Å². The van der Waals surface area contributed by atoms with Crippen LogP contribution in [0.1, 0.15) is 6.92 Å². The number of halogens is 1. The van der Waals surface area contributed by atoms with Gasteiger partial charge in [-0.3, -0.25) is 0 Å². The summed E-state index contributed by atoms with van der Waals surface area (Å²) >= 11 is 3.14. The van der Waals surface area contributed by atoms with Crippen LogP contribution in [0.4, 0.5) is 0 Å². The first-order valence-corrected chi connectivity index (χ1v) is 4.87. The third-order valence-electron chi connectivity index (χ3n) is 1.38. The van der Waals surface area contributed by atoms with Crippen LogP contribution in [0, 0.1) is 0 Å². The summed E-state index contributed by atoms with van der Waals surface area (Å²) in [5.41, 5.74) is 0. The molecule has 0 fully saturated rings. The van der Waals surface area contributed by atoms with Crippen molar-refractivity contribution in [1.29, 1.82) is 0 Å². The summed E-state index contributed by atoms with van der Waals surface area (Å²) in [6.07, 6.45) is 3.64. The Hall–Kier alpha value is -0.900. The summed E-state index contributed by atoms with van der Waals surface area (Å²) in [4.78, 5) is 11.1. The monoisotopic (exact) mass is 244 g/mol. The van der Waals surface area contributed by atoms with Crippen molar-refractivity contribution in [3.05, 3.63) is 30.6 Å². The highest BCUT2D eigenvalue weighted by molar-refractivity contribution is 9.09. The molecule has 0 aliphatic heterocycles. The van der Waals surface area contributed by atoms with E-state index in [9.17, 15) is 4.79 Å². The van der Waals surface area contributed by atoms with Crippen LogP contribution in [0.15, 0.2) is 30.6 Å². The van der Waals surface area contributed by atoms with E-state index in [0.29, 0.717) is 0 Å². The third kappa shape index (κ3) is 4.03. The van der Waals surface area contributed by atoms with Crippen LogP contribution in [0.3, 0.4) is 0 Å². The third-order valence-corrected chi connectivity index (χ3v) is 1.57. The number of aromatic nitrogens is 1. The SMILES string of the molecule is CC(Br)OC(=O)C[n+]1ccccc1. The van der Waals surface area contributed by atoms with Gasteiger partial charge in [0, 0.05) is 12.1 Å². The lowest BCUT2D eigenvalue weighted by atomic mass is 10.5. The van der Waals surface area contributed by atoms with E-state index in [2.05, 4.69) is 15.9 Å². The number of alkyl halides is 1. The predicted octanol–water partition coefficient (Wildman–Crippen LogP) is 1.26. The molecular weight excluding hydrogens is 234 g/mol. The molecule has 1 rings (SSSR count). The number of pyridine rings is 1. The number of esters is 1. The smallest absolute Gasteiger partial charge is 0.373 e. The molecule has 1 unspecified atom stereocenters. The highest BCUT2D eigenvalue weighted by Crippen LogP contribution is 1.98. The Balaban J connectivity index is 2.46. The van der Waals surface area contributed by atoms with Gasteiger partial charge in [0.15, 0.2) is 17.4 Å². The van der Waals surface area contributed by atoms with E-state index in [4.69, 9.17) is 4.74 Å². The summed E-state index contributed by atoms with van der Waals surface area (Å²) in [6, 6.07) is 5.63. The molecule has 0 aliphatic carbocycles. The molecule has 1 heterocycles. The molecule has 70 valence electrons. The Morgan fingerprint density at radius 1 is 1.46 bits per heavy atom. The van der Waals surface area contributed by atoms with Gasteiger partial charge < -0.3 is 4.74 Å². The molecule has 0 N–H and O–H groups in total. The van der Waals surface area contributed by atoms with Crippen molar-refractivity contribution in [1.82, 2.24) is 0 Å². The van der Waals surface area contributed by atoms with Gasteiger partial charge in [-0.1, -0.05) is 6.07 Å². The summed E-state index contributed by atoms with van der Waals surface area (Å²) in [5.74, 6) is -0.249. The molecule has 0 aromatic carbocycles. The lowest BCUT2D eigenvalue weighted by Gasteiger charge is -2.03. The fourth-order valence-electron chi connectivity index (χ4n) is 0.907. The molecule has 0 saturated carbocycles. The summed E-state index contributed by atoms with van der Waals surface area (Å²) in [6.45, 7) is 2.00. The van der Waals surface area contributed by atoms with E-state index < -0.39 is 0 Å². The second-order valence-electron chi connectivity index (χ2n) is 2.58. The first kappa shape index (κ1) is 10.2. The molecule has 1 aromatic rings. The van der Waals surface area contributed by atoms with Gasteiger partial charge >= 0.3 is 5.97 Å². The van der Waals surface area contributed by atoms with Gasteiger partial charge in [0.1, 0.15) is 0 Å². The number of rotatable bonds is 3. The molecule has 0 aliphatic rings. The second-order valence-corrected chi connectivity index (χ2v) is 3.87. The zero-order chi connectivity index (χ0) is 9.68. The van der Waals surface area contributed by atoms with Crippen LogP contribution < -0.4 is 4.57 Å². The van der Waals surface area contributed by atoms with Crippen LogP contribution in [0.25, 0.3) is 0 Å². The number of hydrogen-bond acceptors (Lipinski definition) is 2. The Bertz CT molecular complexity index is 274. The van der Waals surface area contributed by atoms with Crippen molar-refractivity contribution in [3.63, 3.8) is 0 Å². The van der Waals surface area contributed by atoms with Gasteiger partial charge in [0.2, 0.25) is 6.54 Å². The Morgan fingerprint density at radius 3 is 2.62 bits per heavy atom. The van der Waals surface area contributed by atoms with E-state index >= 15 is 0 Å². The largest absolute Gasteiger partial charge is 0.446 e. The molecular formula is C9H11BrNO2+. The molecule has 0 radical (unpaired) electrons. The standard InChI is InChI=1S/C9H11BrNO2/c1-8(10)13-9(12)7-11-5-3-2-4-6-11/h2-6,8H,7H2,1H3/q+1. The zero-order valence-electron chi connectivity index (χ0n) is 7.31. The minimum Gasteiger partial charge on any atom is -0.446 e. The average molecular weight is 245 g/mol. The summed E-state index contributed by atoms with van der Waals surface area (Å²) in [5, 5.41) is -0.232. The fraction of sp³-hybridized carbons (Fsp3) is 0.333. The molecule has 1 aromatic heterocycles. The lowest BCUT2D eigenvalue weighted by Crippen LogP contribution is -2.38. The van der Waals surface area contributed by atoms with Crippen LogP contribution in [-0.2, 0) is 16.1 Å². The van der Waals surface area contributed by atoms with Crippen molar-refractivity contribution in [3.8, 4) is 0 Å². The Morgan fingerprint density at radius 2 is 2.08 bits per heavy atom. The minimum absolute atomic E-state index is 0.232. The molecule has 0 bridgehead atoms. The molecule has 0 amide bonds. The first-order valence-electron chi connectivity index (χ1n) is 3.96. The lowest BCUT2D eigenvalue weighted by molar-refractivity contribution is -0.686. The maximum atomic E-state index is 11.1. The Labute approximate surface area is 85.5 Å². The highest BCUT2D eigenvalue weighted by Gasteiger charge is 2.11. The minimum atomic E-state index is -0.249. The van der Waals surface area contributed by atoms with Gasteiger partial charge in [-0.2, -0.15) is 4.57 Å². The maximum Gasteiger partial charge on any atom is 0.373 e. The summed E-state index contributed by atoms with van der Waals surface area (Å²) < 4.78 is 6.67. The second kappa shape index (κ2) is 4.97. The molecule has 1 atom stereocenters. The fourth-order valence-corrected chi connectivity index (χ4v) is 1.12. The topological polar surface area (TPSA) is 30.2 Å². The highest BCUT2D eigenvalue weighted by atomic mass is 79.9. The normalized spacial score (nSPS) is 12.2. The maximum absolute atomic E-state index is 11.1. The van der Waals surface area contributed by atoms with Gasteiger partial charge in [0.05, 0.1) is 0 Å². The van der Waals surface area contributed by atoms with Gasteiger partial charge in [0.25, 0.3) is 0 Å². The van der Waals surface area contributed by atoms with Gasteiger partial charge in [-0.05, 0) is 22.9 Å². The van der Waals surface area contributed by atoms with E-state index in [1.165, 1.54) is 0 Å². The van der Waals surface area contributed by atoms with Crippen LogP contribution in [0.5, 0.6) is 0 Å². The van der Waals surface area contributed by atoms with E-state index in [-0.39, 0.29) is 17.5 Å². The number of nitrogens with zero attached hydrogens (tertiary/aromatic N) is 1. The van der Waals surface area contributed by atoms with E-state index in [1.54, 1.807) is 11.5 Å². The van der Waals surface area contributed by atoms with Crippen molar-refractivity contribution < 1.29 is 14.1 Å². The van der Waals surface area contributed by atoms with E-state index in [1.807, 2.05) is 30.6 Å². The van der Waals surface area contributed by atoms with Crippen molar-refractivity contribution in [2.24, 2.45) is 0 Å². The molecule has 0 saturated heterocycles. The van der Waals surface area contributed by atoms with E-state index in [0.717, 1.165) is 0 Å².